The second kappa shape index (κ2) is 8.43. The van der Waals surface area contributed by atoms with Crippen molar-refractivity contribution in [2.45, 2.75) is 39.0 Å². The minimum Gasteiger partial charge on any atom is -0.455 e. The molecule has 1 aromatic heterocycles. The van der Waals surface area contributed by atoms with Crippen molar-refractivity contribution in [2.75, 3.05) is 13.2 Å². The lowest BCUT2D eigenvalue weighted by Crippen LogP contribution is -2.35. The third kappa shape index (κ3) is 4.80. The zero-order valence-electron chi connectivity index (χ0n) is 15.4. The van der Waals surface area contributed by atoms with E-state index in [9.17, 15) is 14.4 Å². The average Bonchev–Trinajstić information content (AvgIpc) is 3.29. The highest BCUT2D eigenvalue weighted by atomic mass is 32.1. The minimum absolute atomic E-state index is 0.00179. The van der Waals surface area contributed by atoms with Gasteiger partial charge in [-0.15, -0.1) is 11.3 Å². The van der Waals surface area contributed by atoms with Crippen molar-refractivity contribution in [3.05, 3.63) is 40.9 Å². The van der Waals surface area contributed by atoms with E-state index in [2.05, 4.69) is 31.0 Å². The Morgan fingerprint density at radius 2 is 2.00 bits per heavy atom. The van der Waals surface area contributed by atoms with E-state index >= 15 is 0 Å². The minimum atomic E-state index is -0.526. The summed E-state index contributed by atoms with van der Waals surface area (Å²) in [4.78, 5) is 41.0. The van der Waals surface area contributed by atoms with Gasteiger partial charge in [-0.25, -0.2) is 4.98 Å². The molecule has 1 aliphatic rings. The number of imide groups is 1. The van der Waals surface area contributed by atoms with Crippen molar-refractivity contribution in [1.29, 1.82) is 0 Å². The van der Waals surface area contributed by atoms with Gasteiger partial charge in [-0.3, -0.25) is 19.3 Å². The van der Waals surface area contributed by atoms with Crippen LogP contribution < -0.4 is 0 Å². The van der Waals surface area contributed by atoms with Gasteiger partial charge in [-0.2, -0.15) is 0 Å². The van der Waals surface area contributed by atoms with Crippen LogP contribution in [0.25, 0.3) is 10.6 Å². The van der Waals surface area contributed by atoms with E-state index in [0.29, 0.717) is 31.0 Å². The van der Waals surface area contributed by atoms with Gasteiger partial charge in [0, 0.05) is 23.9 Å². The maximum atomic E-state index is 12.0. The number of nitrogens with zero attached hydrogens (tertiary/aromatic N) is 2. The summed E-state index contributed by atoms with van der Waals surface area (Å²) >= 11 is 1.47. The normalized spacial score (nSPS) is 14.0. The molecule has 0 spiro atoms. The standard InChI is InChI=1S/C20H22N2O4S/c1-13(2)14-5-7-15(8-6-14)20-21-16(12-27-20)10-19(25)26-11-18(24)22-9-3-4-17(22)23/h5-8,12-13H,3-4,9-11H2,1-2H3. The maximum Gasteiger partial charge on any atom is 0.312 e. The number of thiazole rings is 1. The van der Waals surface area contributed by atoms with Crippen molar-refractivity contribution in [1.82, 2.24) is 9.88 Å². The first kappa shape index (κ1) is 19.2. The smallest absolute Gasteiger partial charge is 0.312 e. The molecule has 0 atom stereocenters. The summed E-state index contributed by atoms with van der Waals surface area (Å²) in [7, 11) is 0. The van der Waals surface area contributed by atoms with Crippen molar-refractivity contribution in [3.8, 4) is 10.6 Å². The van der Waals surface area contributed by atoms with Gasteiger partial charge >= 0.3 is 5.97 Å². The Labute approximate surface area is 162 Å². The lowest BCUT2D eigenvalue weighted by atomic mass is 10.0. The molecule has 2 aromatic rings. The van der Waals surface area contributed by atoms with Gasteiger partial charge in [-0.05, 0) is 17.9 Å². The number of aromatic nitrogens is 1. The fraction of sp³-hybridized carbons (Fsp3) is 0.400. The van der Waals surface area contributed by atoms with Crippen LogP contribution in [0.3, 0.4) is 0 Å². The zero-order valence-corrected chi connectivity index (χ0v) is 16.3. The van der Waals surface area contributed by atoms with Crippen LogP contribution in [0.2, 0.25) is 0 Å². The molecule has 0 aliphatic carbocycles. The summed E-state index contributed by atoms with van der Waals surface area (Å²) < 4.78 is 5.01. The Balaban J connectivity index is 1.53. The van der Waals surface area contributed by atoms with Crippen LogP contribution in [0.4, 0.5) is 0 Å². The van der Waals surface area contributed by atoms with Gasteiger partial charge in [-0.1, -0.05) is 38.1 Å². The van der Waals surface area contributed by atoms with Crippen LogP contribution in [0.5, 0.6) is 0 Å². The van der Waals surface area contributed by atoms with Crippen LogP contribution in [0.15, 0.2) is 29.6 Å². The Kier molecular flexibility index (Phi) is 6.01. The van der Waals surface area contributed by atoms with E-state index < -0.39 is 18.5 Å². The molecule has 6 nitrogen and oxygen atoms in total. The number of amides is 2. The Hall–Kier alpha value is -2.54. The molecule has 27 heavy (non-hydrogen) atoms. The SMILES string of the molecule is CC(C)c1ccc(-c2nc(CC(=O)OCC(=O)N3CCCC3=O)cs2)cc1. The highest BCUT2D eigenvalue weighted by Crippen LogP contribution is 2.26. The van der Waals surface area contributed by atoms with Crippen molar-refractivity contribution in [3.63, 3.8) is 0 Å². The molecule has 0 unspecified atom stereocenters. The summed E-state index contributed by atoms with van der Waals surface area (Å²) in [6.45, 7) is 4.29. The molecule has 1 aliphatic heterocycles. The number of likely N-dealkylation sites (tertiary alicyclic amines) is 1. The van der Waals surface area contributed by atoms with E-state index in [0.717, 1.165) is 15.5 Å². The van der Waals surface area contributed by atoms with Gasteiger partial charge < -0.3 is 4.74 Å². The highest BCUT2D eigenvalue weighted by Gasteiger charge is 2.27. The van der Waals surface area contributed by atoms with Crippen molar-refractivity contribution in [2.24, 2.45) is 0 Å². The van der Waals surface area contributed by atoms with Crippen LogP contribution in [0.1, 0.15) is 43.9 Å². The molecular formula is C20H22N2O4S. The molecule has 142 valence electrons. The fourth-order valence-electron chi connectivity index (χ4n) is 2.86. The summed E-state index contributed by atoms with van der Waals surface area (Å²) in [6.07, 6.45) is 1.04. The van der Waals surface area contributed by atoms with Crippen LogP contribution in [-0.2, 0) is 25.5 Å². The average molecular weight is 386 g/mol. The van der Waals surface area contributed by atoms with Gasteiger partial charge in [0.25, 0.3) is 5.91 Å². The molecule has 3 rings (SSSR count). The van der Waals surface area contributed by atoms with Crippen LogP contribution in [-0.4, -0.2) is 40.8 Å². The zero-order chi connectivity index (χ0) is 19.4. The Morgan fingerprint density at radius 1 is 1.26 bits per heavy atom. The lowest BCUT2D eigenvalue weighted by Gasteiger charge is -2.13. The number of hydrogen-bond acceptors (Lipinski definition) is 6. The quantitative estimate of drug-likeness (QED) is 0.713. The molecule has 0 radical (unpaired) electrons. The first-order valence-corrected chi connectivity index (χ1v) is 9.85. The number of ether oxygens (including phenoxy) is 1. The molecule has 2 heterocycles. The number of esters is 1. The molecular weight excluding hydrogens is 364 g/mol. The predicted octanol–water partition coefficient (Wildman–Crippen LogP) is 3.17. The van der Waals surface area contributed by atoms with E-state index in [-0.39, 0.29) is 12.3 Å². The molecule has 1 fully saturated rings. The van der Waals surface area contributed by atoms with E-state index in [1.54, 1.807) is 0 Å². The van der Waals surface area contributed by atoms with Crippen molar-refractivity contribution < 1.29 is 19.1 Å². The first-order chi connectivity index (χ1) is 12.9. The monoisotopic (exact) mass is 386 g/mol. The number of benzene rings is 1. The van der Waals surface area contributed by atoms with Gasteiger partial charge in [0.2, 0.25) is 5.91 Å². The summed E-state index contributed by atoms with van der Waals surface area (Å²) in [5.41, 5.74) is 2.88. The lowest BCUT2D eigenvalue weighted by molar-refractivity contribution is -0.154. The Bertz CT molecular complexity index is 842. The molecule has 0 saturated carbocycles. The molecule has 0 bridgehead atoms. The van der Waals surface area contributed by atoms with Crippen LogP contribution >= 0.6 is 11.3 Å². The largest absolute Gasteiger partial charge is 0.455 e. The number of rotatable bonds is 6. The summed E-state index contributed by atoms with van der Waals surface area (Å²) in [5, 5.41) is 2.66. The molecule has 1 aromatic carbocycles. The number of hydrogen-bond donors (Lipinski definition) is 0. The van der Waals surface area contributed by atoms with Gasteiger partial charge in [0.1, 0.15) is 5.01 Å². The third-order valence-corrected chi connectivity index (χ3v) is 5.37. The number of carbonyl (C=O) groups excluding carboxylic acids is 3. The topological polar surface area (TPSA) is 76.6 Å². The molecule has 0 N–H and O–H groups in total. The van der Waals surface area contributed by atoms with Crippen LogP contribution in [0, 0.1) is 0 Å². The van der Waals surface area contributed by atoms with Crippen molar-refractivity contribution >= 4 is 29.1 Å². The van der Waals surface area contributed by atoms with Gasteiger partial charge in [0.15, 0.2) is 6.61 Å². The van der Waals surface area contributed by atoms with E-state index in [1.807, 2.05) is 17.5 Å². The highest BCUT2D eigenvalue weighted by molar-refractivity contribution is 7.13. The molecule has 1 saturated heterocycles. The van der Waals surface area contributed by atoms with E-state index in [1.165, 1.54) is 16.9 Å². The predicted molar refractivity (Wildman–Crippen MR) is 102 cm³/mol. The summed E-state index contributed by atoms with van der Waals surface area (Å²) in [5.74, 6) is -0.722. The maximum absolute atomic E-state index is 12.0. The molecule has 7 heteroatoms. The summed E-state index contributed by atoms with van der Waals surface area (Å²) in [6, 6.07) is 8.23. The van der Waals surface area contributed by atoms with E-state index in [4.69, 9.17) is 4.74 Å². The fourth-order valence-corrected chi connectivity index (χ4v) is 3.69. The van der Waals surface area contributed by atoms with Gasteiger partial charge in [0.05, 0.1) is 12.1 Å². The molecule has 2 amide bonds. The second-order valence-electron chi connectivity index (χ2n) is 6.80. The second-order valence-corrected chi connectivity index (χ2v) is 7.66. The number of carbonyl (C=O) groups is 3. The third-order valence-electron chi connectivity index (χ3n) is 4.43. The first-order valence-electron chi connectivity index (χ1n) is 8.97. The Morgan fingerprint density at radius 3 is 2.63 bits per heavy atom.